The Balaban J connectivity index is 2.62. The van der Waals surface area contributed by atoms with Gasteiger partial charge >= 0.3 is 5.97 Å². The first-order valence-corrected chi connectivity index (χ1v) is 8.60. The van der Waals surface area contributed by atoms with Crippen LogP contribution in [0.3, 0.4) is 0 Å². The molecule has 5 heteroatoms. The molecule has 0 aromatic carbocycles. The summed E-state index contributed by atoms with van der Waals surface area (Å²) in [5, 5.41) is 11.9. The normalized spacial score (nSPS) is 23.9. The summed E-state index contributed by atoms with van der Waals surface area (Å²) in [5.41, 5.74) is 0. The molecule has 1 rings (SSSR count). The van der Waals surface area contributed by atoms with Gasteiger partial charge in [-0.15, -0.1) is 0 Å². The van der Waals surface area contributed by atoms with Gasteiger partial charge in [0.25, 0.3) is 0 Å². The van der Waals surface area contributed by atoms with Crippen molar-refractivity contribution in [3.05, 3.63) is 12.2 Å². The number of carbonyl (C=O) groups is 3. The summed E-state index contributed by atoms with van der Waals surface area (Å²) in [6.07, 6.45) is 7.82. The van der Waals surface area contributed by atoms with Gasteiger partial charge in [0.05, 0.1) is 0 Å². The maximum atomic E-state index is 12.2. The number of carboxylic acids is 1. The number of rotatable bonds is 9. The highest BCUT2D eigenvalue weighted by Crippen LogP contribution is 2.34. The van der Waals surface area contributed by atoms with E-state index in [4.69, 9.17) is 0 Å². The Bertz CT molecular complexity index is 458. The van der Waals surface area contributed by atoms with Crippen LogP contribution in [0.25, 0.3) is 0 Å². The van der Waals surface area contributed by atoms with Crippen LogP contribution in [0, 0.1) is 17.8 Å². The van der Waals surface area contributed by atoms with Crippen molar-refractivity contribution < 1.29 is 19.5 Å². The lowest BCUT2D eigenvalue weighted by Crippen LogP contribution is -2.45. The topological polar surface area (TPSA) is 83.5 Å². The fourth-order valence-electron chi connectivity index (χ4n) is 3.11. The average molecular weight is 323 g/mol. The zero-order valence-electron chi connectivity index (χ0n) is 14.4. The second kappa shape index (κ2) is 9.48. The summed E-state index contributed by atoms with van der Waals surface area (Å²) in [4.78, 5) is 35.5. The largest absolute Gasteiger partial charge is 0.480 e. The van der Waals surface area contributed by atoms with E-state index in [0.29, 0.717) is 19.3 Å². The van der Waals surface area contributed by atoms with E-state index in [1.165, 1.54) is 0 Å². The molecule has 5 nitrogen and oxygen atoms in total. The van der Waals surface area contributed by atoms with E-state index in [-0.39, 0.29) is 35.9 Å². The molecular weight excluding hydrogens is 294 g/mol. The van der Waals surface area contributed by atoms with Crippen LogP contribution >= 0.6 is 0 Å². The van der Waals surface area contributed by atoms with Crippen molar-refractivity contribution in [2.75, 3.05) is 0 Å². The lowest BCUT2D eigenvalue weighted by Gasteiger charge is -2.22. The van der Waals surface area contributed by atoms with E-state index < -0.39 is 12.0 Å². The Morgan fingerprint density at radius 2 is 2.04 bits per heavy atom. The van der Waals surface area contributed by atoms with Crippen molar-refractivity contribution in [1.82, 2.24) is 5.32 Å². The summed E-state index contributed by atoms with van der Waals surface area (Å²) < 4.78 is 0. The first-order chi connectivity index (χ1) is 10.9. The summed E-state index contributed by atoms with van der Waals surface area (Å²) >= 11 is 0. The van der Waals surface area contributed by atoms with Crippen molar-refractivity contribution in [1.29, 1.82) is 0 Å². The Hall–Kier alpha value is -1.65. The smallest absolute Gasteiger partial charge is 0.326 e. The molecule has 1 aliphatic rings. The molecular formula is C18H29NO4. The number of ketones is 1. The zero-order chi connectivity index (χ0) is 17.4. The van der Waals surface area contributed by atoms with Crippen LogP contribution in [0.5, 0.6) is 0 Å². The molecule has 4 unspecified atom stereocenters. The predicted octanol–water partition coefficient (Wildman–Crippen LogP) is 2.94. The molecule has 130 valence electrons. The van der Waals surface area contributed by atoms with E-state index in [0.717, 1.165) is 12.8 Å². The monoisotopic (exact) mass is 323 g/mol. The van der Waals surface area contributed by atoms with Gasteiger partial charge in [0, 0.05) is 18.8 Å². The van der Waals surface area contributed by atoms with E-state index in [1.54, 1.807) is 0 Å². The van der Waals surface area contributed by atoms with Crippen molar-refractivity contribution in [3.8, 4) is 0 Å². The quantitative estimate of drug-likeness (QED) is 0.639. The molecule has 23 heavy (non-hydrogen) atoms. The highest BCUT2D eigenvalue weighted by Gasteiger charge is 2.35. The molecule has 0 spiro atoms. The molecule has 0 aliphatic heterocycles. The minimum Gasteiger partial charge on any atom is -0.480 e. The van der Waals surface area contributed by atoms with E-state index >= 15 is 0 Å². The third-order valence-corrected chi connectivity index (χ3v) is 4.78. The minimum absolute atomic E-state index is 0.0235. The number of allylic oxidation sites excluding steroid dienone is 2. The van der Waals surface area contributed by atoms with Crippen LogP contribution < -0.4 is 5.32 Å². The molecule has 1 aliphatic carbocycles. The predicted molar refractivity (Wildman–Crippen MR) is 88.9 cm³/mol. The van der Waals surface area contributed by atoms with Gasteiger partial charge in [-0.1, -0.05) is 39.3 Å². The number of hydrogen-bond donors (Lipinski definition) is 2. The first kappa shape index (κ1) is 19.4. The van der Waals surface area contributed by atoms with Crippen molar-refractivity contribution in [3.63, 3.8) is 0 Å². The van der Waals surface area contributed by atoms with Gasteiger partial charge in [0.15, 0.2) is 0 Å². The standard InChI is InChI=1S/C18H29NO4/c1-4-6-7-8-14-13(9-10-15(14)20)11-16(21)19-17(18(22)23)12(3)5-2/h6-7,12-14,17H,4-5,8-11H2,1-3H3,(H,19,21)(H,22,23). The zero-order valence-corrected chi connectivity index (χ0v) is 14.4. The van der Waals surface area contributed by atoms with Gasteiger partial charge in [0.1, 0.15) is 11.8 Å². The van der Waals surface area contributed by atoms with Crippen molar-refractivity contribution >= 4 is 17.7 Å². The second-order valence-corrected chi connectivity index (χ2v) is 6.46. The summed E-state index contributed by atoms with van der Waals surface area (Å²) in [7, 11) is 0. The average Bonchev–Trinajstić information content (AvgIpc) is 2.84. The molecule has 2 N–H and O–H groups in total. The highest BCUT2D eigenvalue weighted by molar-refractivity contribution is 5.87. The number of nitrogens with one attached hydrogen (secondary N) is 1. The van der Waals surface area contributed by atoms with Gasteiger partial charge in [-0.3, -0.25) is 9.59 Å². The second-order valence-electron chi connectivity index (χ2n) is 6.46. The maximum Gasteiger partial charge on any atom is 0.326 e. The van der Waals surface area contributed by atoms with E-state index in [9.17, 15) is 19.5 Å². The van der Waals surface area contributed by atoms with Crippen LogP contribution in [0.1, 0.15) is 59.3 Å². The molecule has 0 aromatic heterocycles. The Labute approximate surface area is 138 Å². The summed E-state index contributed by atoms with van der Waals surface area (Å²) in [5.74, 6) is -1.24. The van der Waals surface area contributed by atoms with Crippen LogP contribution in [0.2, 0.25) is 0 Å². The molecule has 1 fully saturated rings. The Kier molecular flexibility index (Phi) is 8.00. The van der Waals surface area contributed by atoms with Crippen LogP contribution in [0.15, 0.2) is 12.2 Å². The fraction of sp³-hybridized carbons (Fsp3) is 0.722. The molecule has 0 heterocycles. The first-order valence-electron chi connectivity index (χ1n) is 8.60. The Morgan fingerprint density at radius 3 is 2.61 bits per heavy atom. The van der Waals surface area contributed by atoms with Crippen molar-refractivity contribution in [2.45, 2.75) is 65.3 Å². The van der Waals surface area contributed by atoms with Gasteiger partial charge in [-0.2, -0.15) is 0 Å². The number of carboxylic acid groups (broad SMARTS) is 1. The highest BCUT2D eigenvalue weighted by atomic mass is 16.4. The van der Waals surface area contributed by atoms with E-state index in [1.807, 2.05) is 32.9 Å². The molecule has 0 aromatic rings. The molecule has 0 saturated heterocycles. The SMILES string of the molecule is CCC=CCC1C(=O)CCC1CC(=O)NC(C(=O)O)C(C)CC. The van der Waals surface area contributed by atoms with Crippen LogP contribution in [-0.2, 0) is 14.4 Å². The van der Waals surface area contributed by atoms with Gasteiger partial charge in [0.2, 0.25) is 5.91 Å². The van der Waals surface area contributed by atoms with Gasteiger partial charge in [-0.05, 0) is 31.1 Å². The third-order valence-electron chi connectivity index (χ3n) is 4.78. The number of amides is 1. The summed E-state index contributed by atoms with van der Waals surface area (Å²) in [6.45, 7) is 5.76. The van der Waals surface area contributed by atoms with Gasteiger partial charge < -0.3 is 10.4 Å². The number of hydrogen-bond acceptors (Lipinski definition) is 3. The van der Waals surface area contributed by atoms with E-state index in [2.05, 4.69) is 5.32 Å². The molecule has 0 radical (unpaired) electrons. The Morgan fingerprint density at radius 1 is 1.35 bits per heavy atom. The minimum atomic E-state index is -1.00. The van der Waals surface area contributed by atoms with Crippen LogP contribution in [0.4, 0.5) is 0 Å². The number of aliphatic carboxylic acids is 1. The van der Waals surface area contributed by atoms with Crippen molar-refractivity contribution in [2.24, 2.45) is 17.8 Å². The van der Waals surface area contributed by atoms with Crippen LogP contribution in [-0.4, -0.2) is 28.8 Å². The number of carbonyl (C=O) groups excluding carboxylic acids is 2. The molecule has 1 amide bonds. The third kappa shape index (κ3) is 5.81. The lowest BCUT2D eigenvalue weighted by molar-refractivity contribution is -0.143. The molecule has 4 atom stereocenters. The molecule has 1 saturated carbocycles. The van der Waals surface area contributed by atoms with Gasteiger partial charge in [-0.25, -0.2) is 4.79 Å². The maximum absolute atomic E-state index is 12.2. The fourth-order valence-corrected chi connectivity index (χ4v) is 3.11. The lowest BCUT2D eigenvalue weighted by atomic mass is 9.89. The number of Topliss-reactive ketones (excluding diaryl/α,β-unsaturated/α-hetero) is 1. The molecule has 0 bridgehead atoms. The summed E-state index contributed by atoms with van der Waals surface area (Å²) in [6, 6.07) is -0.858.